The van der Waals surface area contributed by atoms with Gasteiger partial charge in [0, 0.05) is 6.61 Å². The number of aliphatic carboxylic acids is 1. The van der Waals surface area contributed by atoms with E-state index < -0.39 is 5.97 Å². The van der Waals surface area contributed by atoms with Crippen molar-refractivity contribution in [1.82, 2.24) is 0 Å². The zero-order valence-corrected chi connectivity index (χ0v) is 12.2. The highest BCUT2D eigenvalue weighted by atomic mass is 16.5. The highest BCUT2D eigenvalue weighted by molar-refractivity contribution is 5.68. The fourth-order valence-corrected chi connectivity index (χ4v) is 3.06. The number of hydrogen-bond donors (Lipinski definition) is 1. The van der Waals surface area contributed by atoms with Crippen LogP contribution in [0, 0.1) is 5.92 Å². The van der Waals surface area contributed by atoms with Crippen molar-refractivity contribution < 1.29 is 19.4 Å². The number of benzene rings is 1. The first-order valence-corrected chi connectivity index (χ1v) is 7.78. The molecule has 1 heterocycles. The lowest BCUT2D eigenvalue weighted by Gasteiger charge is -2.24. The van der Waals surface area contributed by atoms with Crippen molar-refractivity contribution in [2.75, 3.05) is 13.2 Å². The van der Waals surface area contributed by atoms with Crippen molar-refractivity contribution >= 4 is 5.97 Å². The highest BCUT2D eigenvalue weighted by Crippen LogP contribution is 2.45. The first-order chi connectivity index (χ1) is 10.2. The molecule has 1 saturated carbocycles. The predicted octanol–water partition coefficient (Wildman–Crippen LogP) is 3.21. The van der Waals surface area contributed by atoms with Crippen molar-refractivity contribution in [3.63, 3.8) is 0 Å². The van der Waals surface area contributed by atoms with Gasteiger partial charge in [-0.15, -0.1) is 0 Å². The van der Waals surface area contributed by atoms with Gasteiger partial charge in [-0.1, -0.05) is 12.1 Å². The van der Waals surface area contributed by atoms with Crippen LogP contribution in [0.3, 0.4) is 0 Å². The van der Waals surface area contributed by atoms with Gasteiger partial charge < -0.3 is 14.6 Å². The Morgan fingerprint density at radius 3 is 2.90 bits per heavy atom. The third-order valence-corrected chi connectivity index (χ3v) is 4.29. The average Bonchev–Trinajstić information content (AvgIpc) is 3.30. The lowest BCUT2D eigenvalue weighted by molar-refractivity contribution is -0.137. The van der Waals surface area contributed by atoms with Gasteiger partial charge in [-0.2, -0.15) is 0 Å². The van der Waals surface area contributed by atoms with E-state index in [-0.39, 0.29) is 18.4 Å². The Hall–Kier alpha value is -1.55. The summed E-state index contributed by atoms with van der Waals surface area (Å²) < 4.78 is 11.4. The van der Waals surface area contributed by atoms with Crippen LogP contribution in [0.15, 0.2) is 24.3 Å². The fourth-order valence-electron chi connectivity index (χ4n) is 3.06. The third kappa shape index (κ3) is 3.97. The Morgan fingerprint density at radius 1 is 1.38 bits per heavy atom. The van der Waals surface area contributed by atoms with E-state index in [9.17, 15) is 4.79 Å². The maximum Gasteiger partial charge on any atom is 0.303 e. The molecule has 3 rings (SSSR count). The molecule has 2 fully saturated rings. The first-order valence-electron chi connectivity index (χ1n) is 7.78. The number of ether oxygens (including phenoxy) is 2. The summed E-state index contributed by atoms with van der Waals surface area (Å²) in [5, 5.41) is 9.10. The molecule has 2 unspecified atom stereocenters. The van der Waals surface area contributed by atoms with Crippen LogP contribution < -0.4 is 4.74 Å². The largest absolute Gasteiger partial charge is 0.488 e. The first kappa shape index (κ1) is 14.4. The summed E-state index contributed by atoms with van der Waals surface area (Å²) in [5.74, 6) is 0.751. The zero-order chi connectivity index (χ0) is 14.7. The average molecular weight is 290 g/mol. The lowest BCUT2D eigenvalue weighted by atomic mass is 9.91. The van der Waals surface area contributed by atoms with Gasteiger partial charge in [0.05, 0.1) is 13.0 Å². The Bertz CT molecular complexity index is 489. The van der Waals surface area contributed by atoms with Crippen LogP contribution in [0.4, 0.5) is 0 Å². The van der Waals surface area contributed by atoms with Gasteiger partial charge in [-0.05, 0) is 55.2 Å². The van der Waals surface area contributed by atoms with Gasteiger partial charge in [0.25, 0.3) is 0 Å². The molecule has 1 aliphatic heterocycles. The van der Waals surface area contributed by atoms with E-state index in [2.05, 4.69) is 0 Å². The van der Waals surface area contributed by atoms with Crippen LogP contribution in [-0.2, 0) is 9.53 Å². The summed E-state index contributed by atoms with van der Waals surface area (Å²) in [7, 11) is 0. The van der Waals surface area contributed by atoms with Crippen molar-refractivity contribution in [3.05, 3.63) is 29.8 Å². The molecule has 0 spiro atoms. The molecule has 0 amide bonds. The van der Waals surface area contributed by atoms with Crippen LogP contribution in [-0.4, -0.2) is 30.4 Å². The van der Waals surface area contributed by atoms with Gasteiger partial charge in [-0.25, -0.2) is 0 Å². The Balaban J connectivity index is 1.70. The van der Waals surface area contributed by atoms with Crippen LogP contribution in [0.5, 0.6) is 5.75 Å². The number of carbonyl (C=O) groups is 1. The van der Waals surface area contributed by atoms with Crippen molar-refractivity contribution in [3.8, 4) is 5.75 Å². The second-order valence-corrected chi connectivity index (χ2v) is 6.07. The van der Waals surface area contributed by atoms with E-state index in [4.69, 9.17) is 14.6 Å². The molecule has 0 aromatic heterocycles. The van der Waals surface area contributed by atoms with E-state index in [0.29, 0.717) is 12.5 Å². The van der Waals surface area contributed by atoms with E-state index in [1.807, 2.05) is 24.3 Å². The zero-order valence-electron chi connectivity index (χ0n) is 12.2. The summed E-state index contributed by atoms with van der Waals surface area (Å²) in [5.41, 5.74) is 1.09. The number of carboxylic acid groups (broad SMARTS) is 1. The van der Waals surface area contributed by atoms with Crippen molar-refractivity contribution in [1.29, 1.82) is 0 Å². The smallest absolute Gasteiger partial charge is 0.303 e. The highest BCUT2D eigenvalue weighted by Gasteiger charge is 2.33. The third-order valence-electron chi connectivity index (χ3n) is 4.29. The minimum absolute atomic E-state index is 0.118. The number of rotatable bonds is 6. The summed E-state index contributed by atoms with van der Waals surface area (Å²) >= 11 is 0. The Labute approximate surface area is 125 Å². The Morgan fingerprint density at radius 2 is 2.24 bits per heavy atom. The summed E-state index contributed by atoms with van der Waals surface area (Å²) in [6.07, 6.45) is 4.66. The van der Waals surface area contributed by atoms with Gasteiger partial charge in [0.15, 0.2) is 0 Å². The van der Waals surface area contributed by atoms with E-state index in [1.54, 1.807) is 0 Å². The molecule has 1 aromatic carbocycles. The van der Waals surface area contributed by atoms with E-state index >= 15 is 0 Å². The van der Waals surface area contributed by atoms with Crippen LogP contribution >= 0.6 is 0 Å². The second kappa shape index (κ2) is 6.48. The molecule has 2 aliphatic rings. The Kier molecular flexibility index (Phi) is 4.44. The van der Waals surface area contributed by atoms with Crippen LogP contribution in [0.2, 0.25) is 0 Å². The standard InChI is InChI=1S/C17H22O4/c18-17(19)10-16(12-6-7-12)13-3-1-4-14(9-13)21-15-5-2-8-20-11-15/h1,3-4,9,12,15-16H,2,5-8,10-11H2,(H,18,19). The fraction of sp³-hybridized carbons (Fsp3) is 0.588. The SMILES string of the molecule is O=C(O)CC(c1cccc(OC2CCCOC2)c1)C1CC1. The molecule has 1 aliphatic carbocycles. The normalized spacial score (nSPS) is 23.5. The van der Waals surface area contributed by atoms with Crippen molar-refractivity contribution in [2.24, 2.45) is 5.92 Å². The molecular weight excluding hydrogens is 268 g/mol. The molecule has 1 saturated heterocycles. The molecule has 21 heavy (non-hydrogen) atoms. The summed E-state index contributed by atoms with van der Waals surface area (Å²) in [6.45, 7) is 1.47. The molecular formula is C17H22O4. The minimum atomic E-state index is -0.723. The van der Waals surface area contributed by atoms with Crippen LogP contribution in [0.25, 0.3) is 0 Å². The maximum atomic E-state index is 11.1. The molecule has 1 aromatic rings. The van der Waals surface area contributed by atoms with E-state index in [1.165, 1.54) is 0 Å². The van der Waals surface area contributed by atoms with Crippen molar-refractivity contribution in [2.45, 2.75) is 44.1 Å². The summed E-state index contributed by atoms with van der Waals surface area (Å²) in [4.78, 5) is 11.1. The van der Waals surface area contributed by atoms with E-state index in [0.717, 1.165) is 43.6 Å². The molecule has 4 nitrogen and oxygen atoms in total. The monoisotopic (exact) mass is 290 g/mol. The molecule has 2 atom stereocenters. The van der Waals surface area contributed by atoms with Crippen LogP contribution in [0.1, 0.15) is 43.6 Å². The molecule has 4 heteroatoms. The maximum absolute atomic E-state index is 11.1. The number of hydrogen-bond acceptors (Lipinski definition) is 3. The molecule has 0 bridgehead atoms. The van der Waals surface area contributed by atoms with Gasteiger partial charge in [0.1, 0.15) is 11.9 Å². The second-order valence-electron chi connectivity index (χ2n) is 6.07. The minimum Gasteiger partial charge on any atom is -0.488 e. The van der Waals surface area contributed by atoms with Gasteiger partial charge >= 0.3 is 5.97 Å². The molecule has 114 valence electrons. The topological polar surface area (TPSA) is 55.8 Å². The number of carboxylic acids is 1. The van der Waals surface area contributed by atoms with Gasteiger partial charge in [0.2, 0.25) is 0 Å². The van der Waals surface area contributed by atoms with Gasteiger partial charge in [-0.3, -0.25) is 4.79 Å². The lowest BCUT2D eigenvalue weighted by Crippen LogP contribution is -2.28. The quantitative estimate of drug-likeness (QED) is 0.874. The summed E-state index contributed by atoms with van der Waals surface area (Å²) in [6, 6.07) is 7.95. The molecule has 0 radical (unpaired) electrons. The molecule has 1 N–H and O–H groups in total. The predicted molar refractivity (Wildman–Crippen MR) is 78.6 cm³/mol.